The summed E-state index contributed by atoms with van der Waals surface area (Å²) in [5, 5.41) is 5.56. The van der Waals surface area contributed by atoms with Crippen molar-refractivity contribution in [2.24, 2.45) is 0 Å². The summed E-state index contributed by atoms with van der Waals surface area (Å²) in [7, 11) is 0. The fraction of sp³-hybridized carbons (Fsp3) is 0.588. The van der Waals surface area contributed by atoms with Gasteiger partial charge >= 0.3 is 12.4 Å². The summed E-state index contributed by atoms with van der Waals surface area (Å²) in [5.74, 6) is -0.444. The molecule has 1 aliphatic heterocycles. The van der Waals surface area contributed by atoms with E-state index in [0.717, 1.165) is 12.8 Å². The van der Waals surface area contributed by atoms with Crippen LogP contribution in [-0.4, -0.2) is 18.5 Å². The fourth-order valence-corrected chi connectivity index (χ4v) is 2.86. The Morgan fingerprint density at radius 3 is 1.88 bits per heavy atom. The highest BCUT2D eigenvalue weighted by molar-refractivity contribution is 5.82. The molecule has 2 rings (SSSR count). The van der Waals surface area contributed by atoms with Crippen molar-refractivity contribution in [3.8, 4) is 0 Å². The molecule has 1 heterocycles. The quantitative estimate of drug-likeness (QED) is 0.769. The third-order valence-electron chi connectivity index (χ3n) is 4.37. The Bertz CT molecular complexity index is 628. The first-order valence-corrected chi connectivity index (χ1v) is 8.16. The summed E-state index contributed by atoms with van der Waals surface area (Å²) in [5.41, 5.74) is -4.47. The Kier molecular flexibility index (Phi) is 5.60. The highest BCUT2D eigenvalue weighted by Crippen LogP contribution is 2.38. The normalized spacial score (nSPS) is 19.3. The van der Waals surface area contributed by atoms with Gasteiger partial charge in [0.05, 0.1) is 22.7 Å². The Labute approximate surface area is 147 Å². The molecular weight excluding hydrogens is 362 g/mol. The maximum atomic E-state index is 13.0. The van der Waals surface area contributed by atoms with E-state index in [1.165, 1.54) is 13.8 Å². The minimum atomic E-state index is -4.93. The van der Waals surface area contributed by atoms with Gasteiger partial charge in [-0.25, -0.2) is 0 Å². The first kappa shape index (κ1) is 20.5. The summed E-state index contributed by atoms with van der Waals surface area (Å²) in [6.07, 6.45) is -7.55. The number of hydrogen-bond donors (Lipinski definition) is 2. The van der Waals surface area contributed by atoms with E-state index in [0.29, 0.717) is 25.1 Å². The van der Waals surface area contributed by atoms with Crippen molar-refractivity contribution >= 4 is 5.91 Å². The maximum absolute atomic E-state index is 13.0. The molecule has 0 radical (unpaired) electrons. The van der Waals surface area contributed by atoms with Crippen molar-refractivity contribution in [1.29, 1.82) is 0 Å². The molecule has 0 aromatic heterocycles. The number of hydrogen-bond acceptors (Lipinski definition) is 2. The van der Waals surface area contributed by atoms with E-state index >= 15 is 0 Å². The van der Waals surface area contributed by atoms with Gasteiger partial charge in [-0.05, 0) is 57.0 Å². The molecule has 146 valence electrons. The van der Waals surface area contributed by atoms with Crippen molar-refractivity contribution < 1.29 is 31.1 Å². The Balaban J connectivity index is 2.36. The Morgan fingerprint density at radius 2 is 1.46 bits per heavy atom. The highest BCUT2D eigenvalue weighted by atomic mass is 19.4. The number of alkyl halides is 6. The number of halogens is 6. The first-order valence-electron chi connectivity index (χ1n) is 8.16. The largest absolute Gasteiger partial charge is 0.416 e. The zero-order valence-corrected chi connectivity index (χ0v) is 14.3. The van der Waals surface area contributed by atoms with Crippen LogP contribution in [0.25, 0.3) is 0 Å². The van der Waals surface area contributed by atoms with Gasteiger partial charge in [0.1, 0.15) is 0 Å². The molecule has 1 fully saturated rings. The second-order valence-electron chi connectivity index (χ2n) is 6.91. The van der Waals surface area contributed by atoms with Gasteiger partial charge in [-0.3, -0.25) is 4.79 Å². The fourth-order valence-electron chi connectivity index (χ4n) is 2.86. The van der Waals surface area contributed by atoms with Crippen LogP contribution in [0.2, 0.25) is 0 Å². The van der Waals surface area contributed by atoms with Crippen molar-refractivity contribution in [2.75, 3.05) is 6.54 Å². The molecule has 0 spiro atoms. The zero-order valence-electron chi connectivity index (χ0n) is 14.3. The standard InChI is InChI=1S/C17H20F6N2O/c1-15(2,25-14(26)13-5-3-4-6-24-13)10-7-11(16(18,19)20)9-12(8-10)17(21,22)23/h7-9,13,24H,3-6H2,1-2H3,(H,25,26)/t13-/m1/s1. The van der Waals surface area contributed by atoms with Crippen LogP contribution in [0.3, 0.4) is 0 Å². The average molecular weight is 382 g/mol. The smallest absolute Gasteiger partial charge is 0.346 e. The summed E-state index contributed by atoms with van der Waals surface area (Å²) < 4.78 is 78.1. The Hall–Kier alpha value is -1.77. The maximum Gasteiger partial charge on any atom is 0.416 e. The van der Waals surface area contributed by atoms with E-state index < -0.39 is 41.0 Å². The third-order valence-corrected chi connectivity index (χ3v) is 4.37. The zero-order chi connectivity index (χ0) is 19.8. The number of piperidine rings is 1. The number of rotatable bonds is 3. The van der Waals surface area contributed by atoms with E-state index in [2.05, 4.69) is 10.6 Å². The van der Waals surface area contributed by atoms with Gasteiger partial charge in [-0.2, -0.15) is 26.3 Å². The van der Waals surface area contributed by atoms with E-state index in [1.807, 2.05) is 0 Å². The lowest BCUT2D eigenvalue weighted by Gasteiger charge is -2.32. The van der Waals surface area contributed by atoms with Crippen molar-refractivity contribution in [1.82, 2.24) is 10.6 Å². The summed E-state index contributed by atoms with van der Waals surface area (Å²) in [6.45, 7) is 3.40. The van der Waals surface area contributed by atoms with E-state index in [1.54, 1.807) is 0 Å². The van der Waals surface area contributed by atoms with Crippen molar-refractivity contribution in [3.63, 3.8) is 0 Å². The van der Waals surface area contributed by atoms with Crippen LogP contribution in [-0.2, 0) is 22.7 Å². The molecule has 3 nitrogen and oxygen atoms in total. The van der Waals surface area contributed by atoms with Crippen LogP contribution in [0.4, 0.5) is 26.3 Å². The average Bonchev–Trinajstić information content (AvgIpc) is 2.53. The van der Waals surface area contributed by atoms with Crippen LogP contribution in [0, 0.1) is 0 Å². The molecule has 0 bridgehead atoms. The number of benzene rings is 1. The predicted molar refractivity (Wildman–Crippen MR) is 83.3 cm³/mol. The van der Waals surface area contributed by atoms with Gasteiger partial charge in [-0.1, -0.05) is 6.42 Å². The molecule has 1 amide bonds. The number of carbonyl (C=O) groups excluding carboxylic acids is 1. The van der Waals surface area contributed by atoms with Gasteiger partial charge in [0.25, 0.3) is 0 Å². The van der Waals surface area contributed by atoms with Crippen molar-refractivity contribution in [3.05, 3.63) is 34.9 Å². The van der Waals surface area contributed by atoms with Crippen LogP contribution in [0.1, 0.15) is 49.8 Å². The molecule has 1 aliphatic rings. The second kappa shape index (κ2) is 7.09. The Morgan fingerprint density at radius 1 is 0.962 bits per heavy atom. The molecule has 1 atom stereocenters. The summed E-state index contributed by atoms with van der Waals surface area (Å²) in [6, 6.07) is 0.855. The van der Waals surface area contributed by atoms with Gasteiger partial charge in [0, 0.05) is 0 Å². The monoisotopic (exact) mass is 382 g/mol. The SMILES string of the molecule is CC(C)(NC(=O)[C@H]1CCCCN1)c1cc(C(F)(F)F)cc(C(F)(F)F)c1. The second-order valence-corrected chi connectivity index (χ2v) is 6.91. The molecule has 1 aromatic carbocycles. The topological polar surface area (TPSA) is 41.1 Å². The molecule has 0 saturated carbocycles. The minimum Gasteiger partial charge on any atom is -0.346 e. The highest BCUT2D eigenvalue weighted by Gasteiger charge is 2.39. The molecule has 2 N–H and O–H groups in total. The van der Waals surface area contributed by atoms with Crippen LogP contribution in [0.5, 0.6) is 0 Å². The number of carbonyl (C=O) groups is 1. The molecule has 9 heteroatoms. The number of amides is 1. The van der Waals surface area contributed by atoms with Crippen LogP contribution >= 0.6 is 0 Å². The molecule has 26 heavy (non-hydrogen) atoms. The lowest BCUT2D eigenvalue weighted by atomic mass is 9.90. The number of nitrogens with one attached hydrogen (secondary N) is 2. The van der Waals surface area contributed by atoms with Gasteiger partial charge < -0.3 is 10.6 Å². The molecule has 0 aliphatic carbocycles. The molecule has 1 saturated heterocycles. The van der Waals surface area contributed by atoms with E-state index in [-0.39, 0.29) is 11.6 Å². The van der Waals surface area contributed by atoms with Gasteiger partial charge in [0.15, 0.2) is 0 Å². The van der Waals surface area contributed by atoms with Crippen molar-refractivity contribution in [2.45, 2.75) is 57.0 Å². The van der Waals surface area contributed by atoms with Gasteiger partial charge in [-0.15, -0.1) is 0 Å². The van der Waals surface area contributed by atoms with E-state index in [9.17, 15) is 31.1 Å². The van der Waals surface area contributed by atoms with Crippen LogP contribution in [0.15, 0.2) is 18.2 Å². The lowest BCUT2D eigenvalue weighted by molar-refractivity contribution is -0.143. The molecule has 1 aromatic rings. The lowest BCUT2D eigenvalue weighted by Crippen LogP contribution is -2.52. The molecular formula is C17H20F6N2O. The minimum absolute atomic E-state index is 0.0735. The van der Waals surface area contributed by atoms with Gasteiger partial charge in [0.2, 0.25) is 5.91 Å². The van der Waals surface area contributed by atoms with E-state index in [4.69, 9.17) is 0 Å². The third kappa shape index (κ3) is 4.90. The molecule has 0 unspecified atom stereocenters. The summed E-state index contributed by atoms with van der Waals surface area (Å²) >= 11 is 0. The predicted octanol–water partition coefficient (Wildman–Crippen LogP) is 4.22. The summed E-state index contributed by atoms with van der Waals surface area (Å²) in [4.78, 5) is 12.3. The first-order chi connectivity index (χ1) is 11.8. The van der Waals surface area contributed by atoms with Crippen LogP contribution < -0.4 is 10.6 Å².